The van der Waals surface area contributed by atoms with E-state index < -0.39 is 23.4 Å². The second kappa shape index (κ2) is 8.78. The van der Waals surface area contributed by atoms with E-state index in [0.29, 0.717) is 30.0 Å². The Balaban J connectivity index is 1.15. The Labute approximate surface area is 207 Å². The molecule has 4 amide bonds. The average molecular weight is 487 g/mol. The number of nitrogens with zero attached hydrogens (tertiary/aromatic N) is 4. The van der Waals surface area contributed by atoms with E-state index in [1.807, 2.05) is 18.2 Å². The fourth-order valence-electron chi connectivity index (χ4n) is 5.26. The number of imide groups is 1. The molecule has 0 aliphatic carbocycles. The molecule has 1 aromatic heterocycles. The number of hydrogen-bond acceptors (Lipinski definition) is 6. The summed E-state index contributed by atoms with van der Waals surface area (Å²) in [6, 6.07) is 13.9. The molecule has 3 aliphatic heterocycles. The van der Waals surface area contributed by atoms with Crippen LogP contribution in [0, 0.1) is 0 Å². The number of ether oxygens (including phenoxy) is 1. The molecule has 6 rings (SSSR count). The van der Waals surface area contributed by atoms with Gasteiger partial charge < -0.3 is 19.9 Å². The smallest absolute Gasteiger partial charge is 0.325 e. The van der Waals surface area contributed by atoms with Gasteiger partial charge in [-0.1, -0.05) is 24.6 Å². The lowest BCUT2D eigenvalue weighted by Gasteiger charge is -2.33. The molecule has 3 aromatic rings. The molecule has 2 N–H and O–H groups in total. The highest BCUT2D eigenvalue weighted by Crippen LogP contribution is 2.40. The van der Waals surface area contributed by atoms with Crippen molar-refractivity contribution in [3.8, 4) is 17.1 Å². The van der Waals surface area contributed by atoms with Gasteiger partial charge in [0.1, 0.15) is 18.1 Å². The van der Waals surface area contributed by atoms with E-state index in [1.165, 1.54) is 6.42 Å². The Kier molecular flexibility index (Phi) is 5.43. The third-order valence-corrected chi connectivity index (χ3v) is 7.10. The Hall–Kier alpha value is -4.21. The standard InChI is InChI=1S/C26H26N6O4/c33-22(16-32-24(34)26(28-25(32)35)13-15-36-20-7-4-3-6-19(20)26)27-18-11-9-17(10-12-18)23-30-29-21-8-2-1-5-14-31(21)23/h3-4,6-7,9-12H,1-2,5,8,13-16H2,(H,27,33)(H,28,35)/t26-/m0/s1. The van der Waals surface area contributed by atoms with Crippen LogP contribution < -0.4 is 15.4 Å². The summed E-state index contributed by atoms with van der Waals surface area (Å²) in [5.41, 5.74) is 0.893. The van der Waals surface area contributed by atoms with Gasteiger partial charge in [-0.25, -0.2) is 4.79 Å². The van der Waals surface area contributed by atoms with Crippen molar-refractivity contribution in [3.05, 3.63) is 59.9 Å². The topological polar surface area (TPSA) is 118 Å². The van der Waals surface area contributed by atoms with E-state index >= 15 is 0 Å². The Morgan fingerprint density at radius 1 is 1.06 bits per heavy atom. The van der Waals surface area contributed by atoms with E-state index in [1.54, 1.807) is 30.3 Å². The number of rotatable bonds is 4. The van der Waals surface area contributed by atoms with Crippen LogP contribution in [-0.4, -0.2) is 50.7 Å². The van der Waals surface area contributed by atoms with Gasteiger partial charge in [0.15, 0.2) is 11.4 Å². The van der Waals surface area contributed by atoms with Gasteiger partial charge in [0, 0.05) is 36.2 Å². The summed E-state index contributed by atoms with van der Waals surface area (Å²) in [4.78, 5) is 39.8. The van der Waals surface area contributed by atoms with Gasteiger partial charge >= 0.3 is 6.03 Å². The molecule has 0 radical (unpaired) electrons. The zero-order valence-corrected chi connectivity index (χ0v) is 19.7. The lowest BCUT2D eigenvalue weighted by atomic mass is 9.84. The van der Waals surface area contributed by atoms with Crippen molar-refractivity contribution in [3.63, 3.8) is 0 Å². The summed E-state index contributed by atoms with van der Waals surface area (Å²) in [7, 11) is 0. The minimum atomic E-state index is -1.20. The third-order valence-electron chi connectivity index (χ3n) is 7.10. The van der Waals surface area contributed by atoms with E-state index in [2.05, 4.69) is 25.4 Å². The van der Waals surface area contributed by atoms with Crippen LogP contribution in [0.1, 0.15) is 37.1 Å². The fraction of sp³-hybridized carbons (Fsp3) is 0.346. The molecule has 184 valence electrons. The molecule has 0 bridgehead atoms. The van der Waals surface area contributed by atoms with Crippen LogP contribution in [0.2, 0.25) is 0 Å². The number of amides is 4. The highest BCUT2D eigenvalue weighted by Gasteiger charge is 2.55. The molecule has 10 nitrogen and oxygen atoms in total. The number of carbonyl (C=O) groups is 3. The predicted octanol–water partition coefficient (Wildman–Crippen LogP) is 2.84. The first-order valence-electron chi connectivity index (χ1n) is 12.2. The van der Waals surface area contributed by atoms with Crippen LogP contribution in [0.4, 0.5) is 10.5 Å². The fourth-order valence-corrected chi connectivity index (χ4v) is 5.26. The maximum Gasteiger partial charge on any atom is 0.325 e. The summed E-state index contributed by atoms with van der Waals surface area (Å²) in [5, 5.41) is 14.3. The number of carbonyl (C=O) groups excluding carboxylic acids is 3. The molecule has 4 heterocycles. The maximum absolute atomic E-state index is 13.4. The van der Waals surface area contributed by atoms with Gasteiger partial charge in [0.05, 0.1) is 6.61 Å². The van der Waals surface area contributed by atoms with Crippen molar-refractivity contribution in [2.75, 3.05) is 18.5 Å². The van der Waals surface area contributed by atoms with Crippen LogP contribution in [0.25, 0.3) is 11.4 Å². The molecule has 0 saturated carbocycles. The van der Waals surface area contributed by atoms with Crippen molar-refractivity contribution >= 4 is 23.5 Å². The summed E-state index contributed by atoms with van der Waals surface area (Å²) < 4.78 is 7.82. The van der Waals surface area contributed by atoms with Gasteiger partial charge in [0.2, 0.25) is 5.91 Å². The van der Waals surface area contributed by atoms with Crippen molar-refractivity contribution in [1.29, 1.82) is 0 Å². The number of urea groups is 1. The number of hydrogen-bond donors (Lipinski definition) is 2. The molecule has 36 heavy (non-hydrogen) atoms. The van der Waals surface area contributed by atoms with E-state index in [4.69, 9.17) is 4.74 Å². The highest BCUT2D eigenvalue weighted by molar-refractivity contribution is 6.10. The summed E-state index contributed by atoms with van der Waals surface area (Å²) in [5.74, 6) is 1.50. The normalized spacial score (nSPS) is 20.8. The maximum atomic E-state index is 13.4. The van der Waals surface area contributed by atoms with Crippen LogP contribution in [0.5, 0.6) is 5.75 Å². The second-order valence-electron chi connectivity index (χ2n) is 9.35. The minimum absolute atomic E-state index is 0.296. The lowest BCUT2D eigenvalue weighted by Crippen LogP contribution is -2.48. The molecule has 2 aromatic carbocycles. The van der Waals surface area contributed by atoms with Gasteiger partial charge in [-0.3, -0.25) is 14.5 Å². The summed E-state index contributed by atoms with van der Waals surface area (Å²) >= 11 is 0. The number of anilines is 1. The third kappa shape index (κ3) is 3.69. The van der Waals surface area contributed by atoms with Gasteiger partial charge in [-0.05, 0) is 43.2 Å². The second-order valence-corrected chi connectivity index (χ2v) is 9.35. The number of para-hydroxylation sites is 1. The molecule has 1 spiro atoms. The Morgan fingerprint density at radius 3 is 2.75 bits per heavy atom. The first-order chi connectivity index (χ1) is 17.5. The number of benzene rings is 2. The molecule has 1 fully saturated rings. The summed E-state index contributed by atoms with van der Waals surface area (Å²) in [6.45, 7) is 0.819. The van der Waals surface area contributed by atoms with Crippen LogP contribution in [-0.2, 0) is 28.1 Å². The van der Waals surface area contributed by atoms with E-state index in [9.17, 15) is 14.4 Å². The number of aryl methyl sites for hydroxylation is 1. The molecule has 10 heteroatoms. The lowest BCUT2D eigenvalue weighted by molar-refractivity contribution is -0.135. The van der Waals surface area contributed by atoms with Crippen LogP contribution >= 0.6 is 0 Å². The Morgan fingerprint density at radius 2 is 1.89 bits per heavy atom. The molecule has 0 unspecified atom stereocenters. The number of fused-ring (bicyclic) bond motifs is 3. The first kappa shape index (κ1) is 22.3. The van der Waals surface area contributed by atoms with E-state index in [-0.39, 0.29) is 6.54 Å². The molecule has 1 saturated heterocycles. The molecular formula is C26H26N6O4. The SMILES string of the molecule is O=C(CN1C(=O)N[C@]2(CCOc3ccccc32)C1=O)Nc1ccc(-c2nnc3n2CCCCC3)cc1. The minimum Gasteiger partial charge on any atom is -0.493 e. The quantitative estimate of drug-likeness (QED) is 0.548. The zero-order valence-electron chi connectivity index (χ0n) is 19.7. The van der Waals surface area contributed by atoms with Crippen molar-refractivity contribution in [2.45, 2.75) is 44.2 Å². The van der Waals surface area contributed by atoms with Crippen LogP contribution in [0.15, 0.2) is 48.5 Å². The highest BCUT2D eigenvalue weighted by atomic mass is 16.5. The van der Waals surface area contributed by atoms with Crippen LogP contribution in [0.3, 0.4) is 0 Å². The largest absolute Gasteiger partial charge is 0.493 e. The average Bonchev–Trinajstić information content (AvgIpc) is 3.27. The zero-order chi connectivity index (χ0) is 24.7. The van der Waals surface area contributed by atoms with Crippen molar-refractivity contribution in [1.82, 2.24) is 25.0 Å². The summed E-state index contributed by atoms with van der Waals surface area (Å²) in [6.07, 6.45) is 4.66. The van der Waals surface area contributed by atoms with E-state index in [0.717, 1.165) is 47.9 Å². The van der Waals surface area contributed by atoms with Gasteiger partial charge in [-0.15, -0.1) is 10.2 Å². The van der Waals surface area contributed by atoms with Gasteiger partial charge in [-0.2, -0.15) is 0 Å². The van der Waals surface area contributed by atoms with Crippen molar-refractivity contribution < 1.29 is 19.1 Å². The molecular weight excluding hydrogens is 460 g/mol. The molecule has 1 atom stereocenters. The first-order valence-corrected chi connectivity index (χ1v) is 12.2. The monoisotopic (exact) mass is 486 g/mol. The predicted molar refractivity (Wildman–Crippen MR) is 130 cm³/mol. The van der Waals surface area contributed by atoms with Crippen molar-refractivity contribution in [2.24, 2.45) is 0 Å². The van der Waals surface area contributed by atoms with Gasteiger partial charge in [0.25, 0.3) is 5.91 Å². The Bertz CT molecular complexity index is 1350. The number of nitrogens with one attached hydrogen (secondary N) is 2. The molecule has 3 aliphatic rings. The number of aromatic nitrogens is 3.